The molecule has 0 saturated carbocycles. The van der Waals surface area contributed by atoms with Crippen molar-refractivity contribution >= 4 is 11.9 Å². The zero-order chi connectivity index (χ0) is 18.4. The third-order valence-corrected chi connectivity index (χ3v) is 5.60. The number of amides is 1. The zero-order valence-corrected chi connectivity index (χ0v) is 16.2. The molecule has 1 spiro atoms. The molecule has 148 valence electrons. The van der Waals surface area contributed by atoms with Crippen LogP contribution < -0.4 is 5.32 Å². The average molecular weight is 367 g/mol. The summed E-state index contributed by atoms with van der Waals surface area (Å²) < 4.78 is 11.0. The van der Waals surface area contributed by atoms with Crippen LogP contribution in [0.5, 0.6) is 0 Å². The largest absolute Gasteiger partial charge is 0.381 e. The molecule has 0 radical (unpaired) electrons. The van der Waals surface area contributed by atoms with Gasteiger partial charge < -0.3 is 24.6 Å². The van der Waals surface area contributed by atoms with Crippen LogP contribution in [0.25, 0.3) is 0 Å². The van der Waals surface area contributed by atoms with E-state index < -0.39 is 0 Å². The van der Waals surface area contributed by atoms with Gasteiger partial charge in [-0.15, -0.1) is 0 Å². The Kier molecular flexibility index (Phi) is 6.72. The molecule has 3 fully saturated rings. The number of aliphatic imine (C=N–C) groups is 1. The number of rotatable bonds is 5. The van der Waals surface area contributed by atoms with E-state index >= 15 is 0 Å². The first-order valence-corrected chi connectivity index (χ1v) is 9.69. The van der Waals surface area contributed by atoms with Crippen LogP contribution in [0.2, 0.25) is 0 Å². The minimum atomic E-state index is 0.0237. The quantitative estimate of drug-likeness (QED) is 0.520. The van der Waals surface area contributed by atoms with Gasteiger partial charge in [0, 0.05) is 65.4 Å². The number of guanidine groups is 1. The van der Waals surface area contributed by atoms with Crippen LogP contribution in [0.15, 0.2) is 4.99 Å². The molecule has 3 heterocycles. The second-order valence-electron chi connectivity index (χ2n) is 7.78. The Balaban J connectivity index is 1.56. The van der Waals surface area contributed by atoms with Crippen molar-refractivity contribution in [3.05, 3.63) is 0 Å². The van der Waals surface area contributed by atoms with E-state index in [0.717, 1.165) is 84.5 Å². The topological polar surface area (TPSA) is 69.6 Å². The average Bonchev–Trinajstić information content (AvgIpc) is 3.28. The van der Waals surface area contributed by atoms with E-state index in [2.05, 4.69) is 20.1 Å². The molecule has 0 aliphatic carbocycles. The van der Waals surface area contributed by atoms with Gasteiger partial charge in [-0.05, 0) is 12.8 Å². The van der Waals surface area contributed by atoms with E-state index in [1.807, 2.05) is 0 Å². The van der Waals surface area contributed by atoms with Gasteiger partial charge in [0.05, 0.1) is 19.8 Å². The Morgan fingerprint density at radius 2 is 1.96 bits per heavy atom. The summed E-state index contributed by atoms with van der Waals surface area (Å²) in [6.07, 6.45) is 2.26. The highest BCUT2D eigenvalue weighted by Gasteiger charge is 2.42. The summed E-state index contributed by atoms with van der Waals surface area (Å²) in [7, 11) is 3.54. The van der Waals surface area contributed by atoms with Crippen LogP contribution in [-0.4, -0.2) is 113 Å². The first kappa shape index (κ1) is 19.4. The monoisotopic (exact) mass is 367 g/mol. The summed E-state index contributed by atoms with van der Waals surface area (Å²) in [4.78, 5) is 22.9. The number of ether oxygens (including phenoxy) is 2. The van der Waals surface area contributed by atoms with E-state index in [4.69, 9.17) is 9.47 Å². The van der Waals surface area contributed by atoms with Crippen molar-refractivity contribution in [2.75, 3.05) is 86.3 Å². The molecule has 3 saturated heterocycles. The number of nitrogens with one attached hydrogen (secondary N) is 1. The highest BCUT2D eigenvalue weighted by atomic mass is 16.5. The van der Waals surface area contributed by atoms with Crippen LogP contribution in [0, 0.1) is 5.41 Å². The third-order valence-electron chi connectivity index (χ3n) is 5.60. The Labute approximate surface area is 156 Å². The summed E-state index contributed by atoms with van der Waals surface area (Å²) in [5.74, 6) is 0.882. The number of morpholine rings is 1. The summed E-state index contributed by atoms with van der Waals surface area (Å²) in [5, 5.41) is 3.49. The first-order chi connectivity index (χ1) is 12.6. The molecular weight excluding hydrogens is 334 g/mol. The van der Waals surface area contributed by atoms with Crippen LogP contribution in [-0.2, 0) is 14.3 Å². The van der Waals surface area contributed by atoms with E-state index in [9.17, 15) is 4.79 Å². The molecule has 1 unspecified atom stereocenters. The lowest BCUT2D eigenvalue weighted by atomic mass is 9.87. The summed E-state index contributed by atoms with van der Waals surface area (Å²) in [6, 6.07) is 0. The number of carbonyl (C=O) groups excluding carboxylic acids is 1. The van der Waals surface area contributed by atoms with Crippen LogP contribution in [0.4, 0.5) is 0 Å². The minimum absolute atomic E-state index is 0.0237. The fraction of sp³-hybridized carbons (Fsp3) is 0.889. The highest BCUT2D eigenvalue weighted by Crippen LogP contribution is 2.38. The highest BCUT2D eigenvalue weighted by molar-refractivity contribution is 5.85. The molecule has 0 bridgehead atoms. The van der Waals surface area contributed by atoms with Crippen molar-refractivity contribution in [1.29, 1.82) is 0 Å². The van der Waals surface area contributed by atoms with E-state index in [1.54, 1.807) is 19.0 Å². The van der Waals surface area contributed by atoms with Crippen molar-refractivity contribution in [3.8, 4) is 0 Å². The van der Waals surface area contributed by atoms with Gasteiger partial charge in [-0.2, -0.15) is 0 Å². The predicted molar refractivity (Wildman–Crippen MR) is 100 cm³/mol. The molecule has 1 atom stereocenters. The Morgan fingerprint density at radius 3 is 2.65 bits per heavy atom. The van der Waals surface area contributed by atoms with Gasteiger partial charge in [0.25, 0.3) is 0 Å². The lowest BCUT2D eigenvalue weighted by Gasteiger charge is -2.28. The van der Waals surface area contributed by atoms with Gasteiger partial charge in [-0.1, -0.05) is 0 Å². The second-order valence-corrected chi connectivity index (χ2v) is 7.78. The third kappa shape index (κ3) is 5.08. The van der Waals surface area contributed by atoms with E-state index in [-0.39, 0.29) is 17.9 Å². The predicted octanol–water partition coefficient (Wildman–Crippen LogP) is -0.535. The maximum Gasteiger partial charge on any atom is 0.243 e. The number of carbonyl (C=O) groups is 1. The van der Waals surface area contributed by atoms with Gasteiger partial charge >= 0.3 is 0 Å². The van der Waals surface area contributed by atoms with Gasteiger partial charge in [0.15, 0.2) is 5.96 Å². The van der Waals surface area contributed by atoms with Gasteiger partial charge in [-0.25, -0.2) is 4.99 Å². The fourth-order valence-corrected chi connectivity index (χ4v) is 3.79. The molecular formula is C18H33N5O3. The van der Waals surface area contributed by atoms with E-state index in [1.165, 1.54) is 0 Å². The molecule has 8 nitrogen and oxygen atoms in total. The summed E-state index contributed by atoms with van der Waals surface area (Å²) in [5.41, 5.74) is 0.276. The van der Waals surface area contributed by atoms with Crippen molar-refractivity contribution < 1.29 is 14.3 Å². The normalized spacial score (nSPS) is 27.3. The molecule has 8 heteroatoms. The number of nitrogens with zero attached hydrogens (tertiary/aromatic N) is 4. The molecule has 3 rings (SSSR count). The molecule has 3 aliphatic rings. The Morgan fingerprint density at radius 1 is 1.15 bits per heavy atom. The SMILES string of the molecule is CN(C)C(=O)CN=C(NCCN1CCOCC1)N1CCC2(CCOC2)C1. The smallest absolute Gasteiger partial charge is 0.243 e. The molecule has 1 N–H and O–H groups in total. The van der Waals surface area contributed by atoms with Crippen molar-refractivity contribution in [1.82, 2.24) is 20.0 Å². The Bertz CT molecular complexity index is 499. The Hall–Kier alpha value is -1.38. The minimum Gasteiger partial charge on any atom is -0.381 e. The molecule has 0 aromatic rings. The van der Waals surface area contributed by atoms with Crippen LogP contribution in [0.3, 0.4) is 0 Å². The number of likely N-dealkylation sites (tertiary alicyclic amines) is 1. The maximum atomic E-state index is 12.0. The van der Waals surface area contributed by atoms with Crippen molar-refractivity contribution in [3.63, 3.8) is 0 Å². The second kappa shape index (κ2) is 9.01. The summed E-state index contributed by atoms with van der Waals surface area (Å²) >= 11 is 0. The fourth-order valence-electron chi connectivity index (χ4n) is 3.79. The van der Waals surface area contributed by atoms with E-state index in [0.29, 0.717) is 0 Å². The number of hydrogen-bond donors (Lipinski definition) is 1. The van der Waals surface area contributed by atoms with Crippen LogP contribution >= 0.6 is 0 Å². The summed E-state index contributed by atoms with van der Waals surface area (Å²) in [6.45, 7) is 9.23. The van der Waals surface area contributed by atoms with Crippen LogP contribution in [0.1, 0.15) is 12.8 Å². The lowest BCUT2D eigenvalue weighted by Crippen LogP contribution is -2.46. The lowest BCUT2D eigenvalue weighted by molar-refractivity contribution is -0.127. The standard InChI is InChI=1S/C18H33N5O3/c1-21(2)16(24)13-20-17(19-5-7-22-8-11-25-12-9-22)23-6-3-18(14-23)4-10-26-15-18/h3-15H2,1-2H3,(H,19,20). The molecule has 0 aromatic heterocycles. The van der Waals surface area contributed by atoms with Gasteiger partial charge in [0.2, 0.25) is 5.91 Å². The molecule has 0 aromatic carbocycles. The molecule has 26 heavy (non-hydrogen) atoms. The molecule has 3 aliphatic heterocycles. The van der Waals surface area contributed by atoms with Crippen molar-refractivity contribution in [2.24, 2.45) is 10.4 Å². The molecule has 1 amide bonds. The first-order valence-electron chi connectivity index (χ1n) is 9.69. The number of likely N-dealkylation sites (N-methyl/N-ethyl adjacent to an activating group) is 1. The van der Waals surface area contributed by atoms with Gasteiger partial charge in [0.1, 0.15) is 6.54 Å². The maximum absolute atomic E-state index is 12.0. The van der Waals surface area contributed by atoms with Gasteiger partial charge in [-0.3, -0.25) is 9.69 Å². The number of hydrogen-bond acceptors (Lipinski definition) is 5. The van der Waals surface area contributed by atoms with Crippen molar-refractivity contribution in [2.45, 2.75) is 12.8 Å². The zero-order valence-electron chi connectivity index (χ0n) is 16.2.